The molecule has 0 amide bonds. The summed E-state index contributed by atoms with van der Waals surface area (Å²) < 4.78 is 1.32. The molecule has 3 aromatic rings. The minimum atomic E-state index is -0.174. The van der Waals surface area contributed by atoms with Crippen LogP contribution in [0.5, 0.6) is 0 Å². The van der Waals surface area contributed by atoms with Gasteiger partial charge in [-0.1, -0.05) is 43.6 Å². The monoisotopic (exact) mass is 317 g/mol. The zero-order valence-corrected chi connectivity index (χ0v) is 13.1. The average Bonchev–Trinajstić information content (AvgIpc) is 2.90. The van der Waals surface area contributed by atoms with Gasteiger partial charge in [-0.2, -0.15) is 9.50 Å². The molecule has 0 aliphatic carbocycles. The molecule has 7 heteroatoms. The molecule has 0 radical (unpaired) electrons. The molecule has 0 aliphatic rings. The lowest BCUT2D eigenvalue weighted by atomic mass is 10.1. The van der Waals surface area contributed by atoms with Crippen molar-refractivity contribution in [1.29, 1.82) is 0 Å². The van der Waals surface area contributed by atoms with Crippen LogP contribution < -0.4 is 10.9 Å². The number of anilines is 1. The standard InChI is InChI=1S/C15H16ClN5O/c1-9(2)12-7-13(22)21-15(18-12)19-14(20-21)17-8-10-5-3-4-6-11(10)16/h3-7,9H,8H2,1-2H3,(H2,17,18,19,20). The fraction of sp³-hybridized carbons (Fsp3) is 0.267. The Bertz CT molecular complexity index is 868. The number of aromatic nitrogens is 4. The highest BCUT2D eigenvalue weighted by atomic mass is 35.5. The summed E-state index contributed by atoms with van der Waals surface area (Å²) in [4.78, 5) is 20.7. The van der Waals surface area contributed by atoms with E-state index in [1.54, 1.807) is 0 Å². The van der Waals surface area contributed by atoms with Crippen molar-refractivity contribution in [3.05, 3.63) is 57.0 Å². The van der Waals surface area contributed by atoms with E-state index in [1.807, 2.05) is 38.1 Å². The number of nitrogens with one attached hydrogen (secondary N) is 2. The van der Waals surface area contributed by atoms with Gasteiger partial charge in [-0.25, -0.2) is 4.98 Å². The van der Waals surface area contributed by atoms with Gasteiger partial charge in [0.15, 0.2) is 0 Å². The normalized spacial score (nSPS) is 11.3. The van der Waals surface area contributed by atoms with Crippen molar-refractivity contribution >= 4 is 23.3 Å². The van der Waals surface area contributed by atoms with E-state index in [0.29, 0.717) is 23.3 Å². The molecule has 0 saturated heterocycles. The van der Waals surface area contributed by atoms with Crippen LogP contribution in [0, 0.1) is 0 Å². The molecular weight excluding hydrogens is 302 g/mol. The number of fused-ring (bicyclic) bond motifs is 1. The lowest BCUT2D eigenvalue weighted by Crippen LogP contribution is -2.16. The van der Waals surface area contributed by atoms with Crippen molar-refractivity contribution in [1.82, 2.24) is 19.6 Å². The molecule has 0 atom stereocenters. The van der Waals surface area contributed by atoms with Gasteiger partial charge in [0.05, 0.1) is 5.69 Å². The first-order valence-corrected chi connectivity index (χ1v) is 7.39. The molecule has 0 unspecified atom stereocenters. The van der Waals surface area contributed by atoms with Gasteiger partial charge in [0.1, 0.15) is 0 Å². The van der Waals surface area contributed by atoms with E-state index < -0.39 is 0 Å². The SMILES string of the molecule is CC(C)c1cc(=O)n2[nH]c(NCc3ccccc3Cl)nc2n1. The molecule has 3 rings (SSSR count). The van der Waals surface area contributed by atoms with Crippen LogP contribution in [0.1, 0.15) is 31.0 Å². The number of aromatic amines is 1. The molecule has 2 N–H and O–H groups in total. The minimum Gasteiger partial charge on any atom is -0.350 e. The van der Waals surface area contributed by atoms with Gasteiger partial charge in [-0.3, -0.25) is 9.89 Å². The Hall–Kier alpha value is -2.34. The Labute approximate surface area is 132 Å². The summed E-state index contributed by atoms with van der Waals surface area (Å²) >= 11 is 6.11. The Kier molecular flexibility index (Phi) is 3.85. The largest absolute Gasteiger partial charge is 0.350 e. The molecule has 22 heavy (non-hydrogen) atoms. The summed E-state index contributed by atoms with van der Waals surface area (Å²) in [5.74, 6) is 1.01. The molecule has 2 aromatic heterocycles. The number of nitrogens with zero attached hydrogens (tertiary/aromatic N) is 3. The number of hydrogen-bond donors (Lipinski definition) is 2. The first-order chi connectivity index (χ1) is 10.5. The van der Waals surface area contributed by atoms with Crippen LogP contribution in [0.25, 0.3) is 5.78 Å². The van der Waals surface area contributed by atoms with E-state index in [-0.39, 0.29) is 11.5 Å². The Balaban J connectivity index is 1.88. The van der Waals surface area contributed by atoms with E-state index in [9.17, 15) is 4.79 Å². The summed E-state index contributed by atoms with van der Waals surface area (Å²) in [5.41, 5.74) is 1.51. The second-order valence-corrected chi connectivity index (χ2v) is 5.73. The molecule has 114 valence electrons. The van der Waals surface area contributed by atoms with Crippen molar-refractivity contribution in [3.8, 4) is 0 Å². The van der Waals surface area contributed by atoms with Gasteiger partial charge in [0, 0.05) is 17.6 Å². The molecule has 0 bridgehead atoms. The summed E-state index contributed by atoms with van der Waals surface area (Å²) in [6.45, 7) is 4.48. The minimum absolute atomic E-state index is 0.174. The first-order valence-electron chi connectivity index (χ1n) is 7.01. The fourth-order valence-electron chi connectivity index (χ4n) is 2.09. The van der Waals surface area contributed by atoms with Gasteiger partial charge in [0.2, 0.25) is 5.95 Å². The van der Waals surface area contributed by atoms with Crippen molar-refractivity contribution in [2.24, 2.45) is 0 Å². The fourth-order valence-corrected chi connectivity index (χ4v) is 2.30. The van der Waals surface area contributed by atoms with E-state index in [4.69, 9.17) is 11.6 Å². The third-order valence-corrected chi connectivity index (χ3v) is 3.71. The Morgan fingerprint density at radius 1 is 1.32 bits per heavy atom. The zero-order chi connectivity index (χ0) is 15.7. The van der Waals surface area contributed by atoms with Crippen LogP contribution in [0.15, 0.2) is 35.1 Å². The maximum absolute atomic E-state index is 12.0. The average molecular weight is 318 g/mol. The number of hydrogen-bond acceptors (Lipinski definition) is 4. The van der Waals surface area contributed by atoms with Crippen LogP contribution in [0.2, 0.25) is 5.02 Å². The molecular formula is C15H16ClN5O. The molecule has 0 spiro atoms. The molecule has 6 nitrogen and oxygen atoms in total. The summed E-state index contributed by atoms with van der Waals surface area (Å²) in [7, 11) is 0. The molecule has 1 aromatic carbocycles. The third-order valence-electron chi connectivity index (χ3n) is 3.35. The predicted molar refractivity (Wildman–Crippen MR) is 86.5 cm³/mol. The van der Waals surface area contributed by atoms with Crippen molar-refractivity contribution in [2.45, 2.75) is 26.3 Å². The number of benzene rings is 1. The highest BCUT2D eigenvalue weighted by molar-refractivity contribution is 6.31. The highest BCUT2D eigenvalue weighted by Crippen LogP contribution is 2.16. The summed E-state index contributed by atoms with van der Waals surface area (Å²) in [5, 5.41) is 6.70. The van der Waals surface area contributed by atoms with Gasteiger partial charge in [-0.15, -0.1) is 0 Å². The van der Waals surface area contributed by atoms with Gasteiger partial charge >= 0.3 is 0 Å². The summed E-state index contributed by atoms with van der Waals surface area (Å²) in [6, 6.07) is 9.08. The highest BCUT2D eigenvalue weighted by Gasteiger charge is 2.10. The van der Waals surface area contributed by atoms with E-state index in [0.717, 1.165) is 11.3 Å². The predicted octanol–water partition coefficient (Wildman–Crippen LogP) is 2.81. The Morgan fingerprint density at radius 2 is 2.09 bits per heavy atom. The topological polar surface area (TPSA) is 75.1 Å². The molecule has 2 heterocycles. The van der Waals surface area contributed by atoms with E-state index >= 15 is 0 Å². The van der Waals surface area contributed by atoms with Crippen molar-refractivity contribution in [2.75, 3.05) is 5.32 Å². The maximum Gasteiger partial charge on any atom is 0.274 e. The summed E-state index contributed by atoms with van der Waals surface area (Å²) in [6.07, 6.45) is 0. The second-order valence-electron chi connectivity index (χ2n) is 5.33. The van der Waals surface area contributed by atoms with E-state index in [2.05, 4.69) is 20.4 Å². The zero-order valence-electron chi connectivity index (χ0n) is 12.3. The number of halogens is 1. The van der Waals surface area contributed by atoms with Crippen molar-refractivity contribution in [3.63, 3.8) is 0 Å². The maximum atomic E-state index is 12.0. The van der Waals surface area contributed by atoms with Crippen LogP contribution in [-0.2, 0) is 6.54 Å². The van der Waals surface area contributed by atoms with E-state index in [1.165, 1.54) is 10.6 Å². The van der Waals surface area contributed by atoms with Gasteiger partial charge in [0.25, 0.3) is 11.3 Å². The van der Waals surface area contributed by atoms with Crippen molar-refractivity contribution < 1.29 is 0 Å². The van der Waals surface area contributed by atoms with Crippen LogP contribution in [0.4, 0.5) is 5.95 Å². The second kappa shape index (κ2) is 5.81. The van der Waals surface area contributed by atoms with Crippen LogP contribution in [0.3, 0.4) is 0 Å². The van der Waals surface area contributed by atoms with Crippen LogP contribution >= 0.6 is 11.6 Å². The van der Waals surface area contributed by atoms with Gasteiger partial charge < -0.3 is 5.32 Å². The smallest absolute Gasteiger partial charge is 0.274 e. The number of rotatable bonds is 4. The van der Waals surface area contributed by atoms with Crippen LogP contribution in [-0.4, -0.2) is 19.6 Å². The molecule has 0 saturated carbocycles. The lowest BCUT2D eigenvalue weighted by Gasteiger charge is -2.04. The Morgan fingerprint density at radius 3 is 2.82 bits per heavy atom. The molecule has 0 aliphatic heterocycles. The molecule has 0 fully saturated rings. The van der Waals surface area contributed by atoms with Gasteiger partial charge in [-0.05, 0) is 17.5 Å². The first kappa shape index (κ1) is 14.6. The lowest BCUT2D eigenvalue weighted by molar-refractivity contribution is 0.795. The third kappa shape index (κ3) is 2.82. The quantitative estimate of drug-likeness (QED) is 0.776. The number of H-pyrrole nitrogens is 1.